The van der Waals surface area contributed by atoms with Crippen LogP contribution in [0, 0.1) is 12.8 Å². The van der Waals surface area contributed by atoms with Crippen molar-refractivity contribution < 1.29 is 14.3 Å². The van der Waals surface area contributed by atoms with Crippen LogP contribution in [0.25, 0.3) is 0 Å². The normalized spacial score (nSPS) is 22.7. The lowest BCUT2D eigenvalue weighted by atomic mass is 9.87. The standard InChI is InChI=1S/C27H33N3O3/c1-18-10-11-25-24(16-18)30(17-19(2)33-25)27(32)29-14-12-21(13-15-29)26(31)28-23-9-5-7-20-6-3-4-8-22(20)23/h3-4,6,8,10-11,16,19,21,23H,5,7,9,12-15,17H2,1-2H3,(H,28,31)/t19-,23-/m1/s1. The zero-order valence-corrected chi connectivity index (χ0v) is 19.5. The van der Waals surface area contributed by atoms with Crippen LogP contribution in [0.4, 0.5) is 10.5 Å². The van der Waals surface area contributed by atoms with Gasteiger partial charge in [-0.3, -0.25) is 9.69 Å². The third-order valence-corrected chi connectivity index (χ3v) is 7.23. The summed E-state index contributed by atoms with van der Waals surface area (Å²) in [7, 11) is 0. The van der Waals surface area contributed by atoms with Crippen molar-refractivity contribution in [3.05, 3.63) is 59.2 Å². The SMILES string of the molecule is Cc1ccc2c(c1)N(C(=O)N1CCC(C(=O)N[C@@H]3CCCc4ccccc43)CC1)C[C@@H](C)O2. The smallest absolute Gasteiger partial charge is 0.324 e. The largest absolute Gasteiger partial charge is 0.487 e. The number of carbonyl (C=O) groups excluding carboxylic acids is 2. The van der Waals surface area contributed by atoms with Crippen molar-refractivity contribution in [1.29, 1.82) is 0 Å². The molecule has 0 saturated carbocycles. The van der Waals surface area contributed by atoms with Crippen LogP contribution in [0.2, 0.25) is 0 Å². The lowest BCUT2D eigenvalue weighted by Crippen LogP contribution is -2.52. The Balaban J connectivity index is 1.21. The number of aryl methyl sites for hydroxylation is 2. The number of ether oxygens (including phenoxy) is 1. The zero-order chi connectivity index (χ0) is 22.9. The summed E-state index contributed by atoms with van der Waals surface area (Å²) in [5, 5.41) is 3.31. The molecule has 1 aliphatic carbocycles. The van der Waals surface area contributed by atoms with Crippen molar-refractivity contribution in [2.75, 3.05) is 24.5 Å². The fraction of sp³-hybridized carbons (Fsp3) is 0.481. The monoisotopic (exact) mass is 447 g/mol. The quantitative estimate of drug-likeness (QED) is 0.731. The van der Waals surface area contributed by atoms with Gasteiger partial charge in [0.25, 0.3) is 0 Å². The number of urea groups is 1. The number of piperidine rings is 1. The molecule has 0 aromatic heterocycles. The van der Waals surface area contributed by atoms with Gasteiger partial charge in [-0.15, -0.1) is 0 Å². The molecule has 0 unspecified atom stereocenters. The number of benzene rings is 2. The van der Waals surface area contributed by atoms with Gasteiger partial charge in [0.2, 0.25) is 5.91 Å². The van der Waals surface area contributed by atoms with Crippen LogP contribution in [0.15, 0.2) is 42.5 Å². The summed E-state index contributed by atoms with van der Waals surface area (Å²) in [6.45, 7) is 5.76. The van der Waals surface area contributed by atoms with Crippen LogP contribution < -0.4 is 15.0 Å². The Morgan fingerprint density at radius 1 is 1.06 bits per heavy atom. The van der Waals surface area contributed by atoms with Crippen LogP contribution in [0.1, 0.15) is 55.3 Å². The molecule has 174 valence electrons. The molecule has 0 spiro atoms. The Morgan fingerprint density at radius 2 is 1.85 bits per heavy atom. The highest BCUT2D eigenvalue weighted by Crippen LogP contribution is 2.35. The van der Waals surface area contributed by atoms with E-state index in [1.165, 1.54) is 11.1 Å². The summed E-state index contributed by atoms with van der Waals surface area (Å²) in [5.74, 6) is 0.848. The number of hydrogen-bond acceptors (Lipinski definition) is 3. The minimum Gasteiger partial charge on any atom is -0.487 e. The van der Waals surface area contributed by atoms with Gasteiger partial charge in [-0.25, -0.2) is 4.79 Å². The van der Waals surface area contributed by atoms with Crippen molar-refractivity contribution in [2.45, 2.75) is 58.1 Å². The average Bonchev–Trinajstić information content (AvgIpc) is 2.83. The number of nitrogens with zero attached hydrogens (tertiary/aromatic N) is 2. The second-order valence-electron chi connectivity index (χ2n) is 9.71. The van der Waals surface area contributed by atoms with E-state index in [4.69, 9.17) is 4.74 Å². The van der Waals surface area contributed by atoms with Crippen LogP contribution in [0.5, 0.6) is 5.75 Å². The molecule has 5 rings (SSSR count). The molecule has 2 aromatic rings. The van der Waals surface area contributed by atoms with Crippen molar-refractivity contribution in [3.8, 4) is 5.75 Å². The second-order valence-corrected chi connectivity index (χ2v) is 9.71. The Hall–Kier alpha value is -3.02. The van der Waals surface area contributed by atoms with E-state index in [1.807, 2.05) is 41.8 Å². The molecule has 33 heavy (non-hydrogen) atoms. The predicted octanol–water partition coefficient (Wildman–Crippen LogP) is 4.61. The summed E-state index contributed by atoms with van der Waals surface area (Å²) in [6, 6.07) is 14.5. The number of nitrogens with one attached hydrogen (secondary N) is 1. The maximum absolute atomic E-state index is 13.4. The van der Waals surface area contributed by atoms with E-state index in [0.717, 1.165) is 36.3 Å². The van der Waals surface area contributed by atoms with Crippen LogP contribution in [0.3, 0.4) is 0 Å². The molecule has 3 amide bonds. The highest BCUT2D eigenvalue weighted by atomic mass is 16.5. The molecule has 3 aliphatic rings. The molecule has 6 heteroatoms. The van der Waals surface area contributed by atoms with Crippen molar-refractivity contribution in [1.82, 2.24) is 10.2 Å². The number of rotatable bonds is 2. The first-order valence-electron chi connectivity index (χ1n) is 12.2. The first kappa shape index (κ1) is 21.8. The van der Waals surface area contributed by atoms with E-state index in [-0.39, 0.29) is 30.0 Å². The molecule has 2 atom stereocenters. The third-order valence-electron chi connectivity index (χ3n) is 7.23. The molecule has 2 aromatic carbocycles. The minimum atomic E-state index is -0.0501. The van der Waals surface area contributed by atoms with E-state index in [2.05, 4.69) is 29.6 Å². The first-order valence-corrected chi connectivity index (χ1v) is 12.2. The molecule has 0 radical (unpaired) electrons. The predicted molar refractivity (Wildman–Crippen MR) is 129 cm³/mol. The topological polar surface area (TPSA) is 61.9 Å². The van der Waals surface area contributed by atoms with Crippen molar-refractivity contribution in [3.63, 3.8) is 0 Å². The van der Waals surface area contributed by atoms with E-state index in [9.17, 15) is 9.59 Å². The third kappa shape index (κ3) is 4.43. The Kier molecular flexibility index (Phi) is 6.00. The fourth-order valence-electron chi connectivity index (χ4n) is 5.43. The highest BCUT2D eigenvalue weighted by molar-refractivity contribution is 5.94. The summed E-state index contributed by atoms with van der Waals surface area (Å²) in [5.41, 5.74) is 4.56. The summed E-state index contributed by atoms with van der Waals surface area (Å²) >= 11 is 0. The molecule has 2 heterocycles. The molecule has 2 aliphatic heterocycles. The minimum absolute atomic E-state index is 0.0112. The molecule has 1 fully saturated rings. The zero-order valence-electron chi connectivity index (χ0n) is 19.5. The number of likely N-dealkylation sites (tertiary alicyclic amines) is 1. The van der Waals surface area contributed by atoms with Crippen LogP contribution in [-0.2, 0) is 11.2 Å². The fourth-order valence-corrected chi connectivity index (χ4v) is 5.43. The van der Waals surface area contributed by atoms with E-state index in [1.54, 1.807) is 0 Å². The average molecular weight is 448 g/mol. The molecule has 0 bridgehead atoms. The Morgan fingerprint density at radius 3 is 2.67 bits per heavy atom. The van der Waals surface area contributed by atoms with Crippen molar-refractivity contribution >= 4 is 17.6 Å². The van der Waals surface area contributed by atoms with E-state index >= 15 is 0 Å². The van der Waals surface area contributed by atoms with E-state index < -0.39 is 0 Å². The van der Waals surface area contributed by atoms with Crippen molar-refractivity contribution in [2.24, 2.45) is 5.92 Å². The van der Waals surface area contributed by atoms with Gasteiger partial charge in [0.1, 0.15) is 11.9 Å². The highest BCUT2D eigenvalue weighted by Gasteiger charge is 2.34. The lowest BCUT2D eigenvalue weighted by molar-refractivity contribution is -0.127. The van der Waals surface area contributed by atoms with Gasteiger partial charge in [0.05, 0.1) is 18.3 Å². The van der Waals surface area contributed by atoms with Gasteiger partial charge in [-0.2, -0.15) is 0 Å². The number of amides is 3. The summed E-state index contributed by atoms with van der Waals surface area (Å²) < 4.78 is 5.93. The summed E-state index contributed by atoms with van der Waals surface area (Å²) in [4.78, 5) is 30.2. The number of anilines is 1. The van der Waals surface area contributed by atoms with Gasteiger partial charge in [-0.1, -0.05) is 30.3 Å². The number of fused-ring (bicyclic) bond motifs is 2. The van der Waals surface area contributed by atoms with Gasteiger partial charge < -0.3 is 15.0 Å². The van der Waals surface area contributed by atoms with Crippen LogP contribution in [-0.4, -0.2) is 42.6 Å². The lowest BCUT2D eigenvalue weighted by Gasteiger charge is -2.39. The number of hydrogen-bond donors (Lipinski definition) is 1. The van der Waals surface area contributed by atoms with Gasteiger partial charge >= 0.3 is 6.03 Å². The maximum Gasteiger partial charge on any atom is 0.324 e. The molecular weight excluding hydrogens is 414 g/mol. The first-order chi connectivity index (χ1) is 16.0. The Labute approximate surface area is 195 Å². The molecule has 1 N–H and O–H groups in total. The van der Waals surface area contributed by atoms with Gasteiger partial charge in [-0.05, 0) is 74.8 Å². The Bertz CT molecular complexity index is 1040. The van der Waals surface area contributed by atoms with Crippen LogP contribution >= 0.6 is 0 Å². The van der Waals surface area contributed by atoms with Gasteiger partial charge in [0.15, 0.2) is 0 Å². The molecular formula is C27H33N3O3. The second kappa shape index (κ2) is 9.08. The molecule has 6 nitrogen and oxygen atoms in total. The molecule has 1 saturated heterocycles. The van der Waals surface area contributed by atoms with E-state index in [0.29, 0.717) is 32.5 Å². The number of carbonyl (C=O) groups is 2. The van der Waals surface area contributed by atoms with Gasteiger partial charge in [0, 0.05) is 19.0 Å². The summed E-state index contributed by atoms with van der Waals surface area (Å²) in [6.07, 6.45) is 4.54. The maximum atomic E-state index is 13.4.